The number of hydrogen-bond donors (Lipinski definition) is 0. The minimum Gasteiger partial charge on any atom is -0.453 e. The van der Waals surface area contributed by atoms with E-state index in [-0.39, 0.29) is 17.1 Å². The van der Waals surface area contributed by atoms with Crippen molar-refractivity contribution in [1.82, 2.24) is 0 Å². The number of nitriles is 1. The van der Waals surface area contributed by atoms with E-state index in [1.165, 1.54) is 24.3 Å². The van der Waals surface area contributed by atoms with Crippen molar-refractivity contribution < 1.29 is 31.2 Å². The lowest BCUT2D eigenvalue weighted by Crippen LogP contribution is -2.32. The summed E-state index contributed by atoms with van der Waals surface area (Å²) in [5.41, 5.74) is -0.378. The van der Waals surface area contributed by atoms with Crippen LogP contribution >= 0.6 is 11.8 Å². The second kappa shape index (κ2) is 6.04. The van der Waals surface area contributed by atoms with Crippen molar-refractivity contribution in [2.45, 2.75) is 16.3 Å². The van der Waals surface area contributed by atoms with E-state index in [0.29, 0.717) is 6.29 Å². The van der Waals surface area contributed by atoms with Crippen LogP contribution in [0.15, 0.2) is 39.6 Å². The van der Waals surface area contributed by atoms with E-state index in [4.69, 9.17) is 9.68 Å². The smallest absolute Gasteiger partial charge is 0.453 e. The van der Waals surface area contributed by atoms with Crippen molar-refractivity contribution in [3.63, 3.8) is 0 Å². The molecular formula is C14H6F5NO2S. The number of aldehydes is 1. The third kappa shape index (κ3) is 3.37. The lowest BCUT2D eigenvalue weighted by molar-refractivity contribution is -0.237. The molecule has 0 saturated carbocycles. The van der Waals surface area contributed by atoms with Gasteiger partial charge in [0.15, 0.2) is 12.0 Å². The Morgan fingerprint density at radius 2 is 1.83 bits per heavy atom. The Balaban J connectivity index is 2.50. The average molecular weight is 347 g/mol. The van der Waals surface area contributed by atoms with Crippen molar-refractivity contribution in [3.8, 4) is 17.4 Å². The predicted octanol–water partition coefficient (Wildman–Crippen LogP) is 4.88. The Morgan fingerprint density at radius 3 is 2.35 bits per heavy atom. The highest BCUT2D eigenvalue weighted by molar-refractivity contribution is 8.00. The molecule has 120 valence electrons. The van der Waals surface area contributed by atoms with Gasteiger partial charge in [-0.3, -0.25) is 4.79 Å². The number of nitrogens with zero attached hydrogens (tertiary/aromatic N) is 1. The first-order valence-corrected chi connectivity index (χ1v) is 6.73. The molecule has 1 heterocycles. The average Bonchev–Trinajstić information content (AvgIpc) is 2.94. The highest BCUT2D eigenvalue weighted by Gasteiger charge is 2.58. The molecule has 1 aromatic carbocycles. The summed E-state index contributed by atoms with van der Waals surface area (Å²) >= 11 is -0.767. The maximum absolute atomic E-state index is 13.2. The second-order valence-corrected chi connectivity index (χ2v) is 5.38. The Hall–Kier alpha value is -2.34. The molecule has 2 rings (SSSR count). The number of carbonyl (C=O) groups is 1. The number of furan rings is 1. The summed E-state index contributed by atoms with van der Waals surface area (Å²) in [6.07, 6.45) is -5.36. The maximum atomic E-state index is 13.2. The molecule has 0 N–H and O–H groups in total. The molecule has 23 heavy (non-hydrogen) atoms. The van der Waals surface area contributed by atoms with Crippen LogP contribution in [0.4, 0.5) is 22.0 Å². The van der Waals surface area contributed by atoms with Gasteiger partial charge in [-0.25, -0.2) is 0 Å². The molecule has 0 amide bonds. The fraction of sp³-hybridized carbons (Fsp3) is 0.143. The van der Waals surface area contributed by atoms with Crippen LogP contribution in [0, 0.1) is 11.3 Å². The summed E-state index contributed by atoms with van der Waals surface area (Å²) < 4.78 is 68.4. The van der Waals surface area contributed by atoms with Crippen molar-refractivity contribution in [1.29, 1.82) is 5.26 Å². The first-order valence-electron chi connectivity index (χ1n) is 5.91. The molecule has 3 nitrogen and oxygen atoms in total. The maximum Gasteiger partial charge on any atom is 0.464 e. The number of rotatable bonds is 4. The number of benzene rings is 1. The number of alkyl halides is 5. The molecule has 9 heteroatoms. The summed E-state index contributed by atoms with van der Waals surface area (Å²) in [7, 11) is 0. The number of hydrogen-bond acceptors (Lipinski definition) is 4. The molecule has 0 saturated heterocycles. The molecule has 0 unspecified atom stereocenters. The van der Waals surface area contributed by atoms with E-state index >= 15 is 0 Å². The Labute approximate surface area is 130 Å². The monoisotopic (exact) mass is 347 g/mol. The number of halogens is 5. The van der Waals surface area contributed by atoms with E-state index in [9.17, 15) is 26.7 Å². The van der Waals surface area contributed by atoms with Crippen LogP contribution in [0.5, 0.6) is 0 Å². The Kier molecular flexibility index (Phi) is 4.47. The molecule has 0 aliphatic carbocycles. The van der Waals surface area contributed by atoms with Crippen LogP contribution < -0.4 is 0 Å². The van der Waals surface area contributed by atoms with Gasteiger partial charge in [0, 0.05) is 10.5 Å². The number of thioether (sulfide) groups is 1. The van der Waals surface area contributed by atoms with Gasteiger partial charge in [0.25, 0.3) is 0 Å². The molecular weight excluding hydrogens is 341 g/mol. The minimum absolute atomic E-state index is 0.0152. The summed E-state index contributed by atoms with van der Waals surface area (Å²) in [5.74, 6) is -0.0519. The van der Waals surface area contributed by atoms with E-state index in [1.807, 2.05) is 0 Å². The van der Waals surface area contributed by atoms with Gasteiger partial charge in [-0.05, 0) is 36.0 Å². The molecule has 1 aromatic heterocycles. The largest absolute Gasteiger partial charge is 0.464 e. The Bertz CT molecular complexity index is 776. The van der Waals surface area contributed by atoms with Gasteiger partial charge in [0.1, 0.15) is 11.8 Å². The summed E-state index contributed by atoms with van der Waals surface area (Å²) in [6, 6.07) is 7.71. The van der Waals surface area contributed by atoms with Gasteiger partial charge in [-0.1, -0.05) is 6.07 Å². The van der Waals surface area contributed by atoms with Crippen LogP contribution in [0.25, 0.3) is 11.3 Å². The topological polar surface area (TPSA) is 54.0 Å². The van der Waals surface area contributed by atoms with Crippen molar-refractivity contribution in [2.75, 3.05) is 0 Å². The summed E-state index contributed by atoms with van der Waals surface area (Å²) in [5, 5.41) is 4.08. The summed E-state index contributed by atoms with van der Waals surface area (Å²) in [6.45, 7) is 0. The molecule has 2 aromatic rings. The molecule has 0 aliphatic rings. The fourth-order valence-electron chi connectivity index (χ4n) is 1.69. The van der Waals surface area contributed by atoms with Crippen molar-refractivity contribution >= 4 is 18.0 Å². The van der Waals surface area contributed by atoms with Gasteiger partial charge in [-0.15, -0.1) is 0 Å². The standard InChI is InChI=1S/C14H6F5NO2S/c15-13(16,17)14(18,19)23-12-3-1-2-9(10(12)6-20)11-5-4-8(7-21)22-11/h1-5,7H. The lowest BCUT2D eigenvalue weighted by Gasteiger charge is -2.19. The molecule has 0 radical (unpaired) electrons. The van der Waals surface area contributed by atoms with Crippen LogP contribution in [-0.4, -0.2) is 17.7 Å². The van der Waals surface area contributed by atoms with Crippen molar-refractivity contribution in [3.05, 3.63) is 41.7 Å². The van der Waals surface area contributed by atoms with Gasteiger partial charge in [0.05, 0.1) is 5.56 Å². The van der Waals surface area contributed by atoms with E-state index < -0.39 is 33.7 Å². The normalized spacial score (nSPS) is 12.0. The molecule has 0 aliphatic heterocycles. The van der Waals surface area contributed by atoms with Crippen LogP contribution in [0.3, 0.4) is 0 Å². The first-order chi connectivity index (χ1) is 10.7. The van der Waals surface area contributed by atoms with Crippen LogP contribution in [0.1, 0.15) is 16.1 Å². The highest BCUT2D eigenvalue weighted by Crippen LogP contribution is 2.49. The number of carbonyl (C=O) groups excluding carboxylic acids is 1. The fourth-order valence-corrected chi connectivity index (χ4v) is 2.49. The quantitative estimate of drug-likeness (QED) is 0.449. The van der Waals surface area contributed by atoms with Crippen LogP contribution in [-0.2, 0) is 0 Å². The second-order valence-electron chi connectivity index (χ2n) is 4.23. The van der Waals surface area contributed by atoms with Gasteiger partial charge in [-0.2, -0.15) is 27.2 Å². The van der Waals surface area contributed by atoms with Crippen LogP contribution in [0.2, 0.25) is 0 Å². The zero-order chi connectivity index (χ0) is 17.3. The zero-order valence-electron chi connectivity index (χ0n) is 11.0. The zero-order valence-corrected chi connectivity index (χ0v) is 11.8. The SMILES string of the molecule is N#Cc1c(SC(F)(F)C(F)(F)F)cccc1-c1ccc(C=O)o1. The summed E-state index contributed by atoms with van der Waals surface area (Å²) in [4.78, 5) is 10.0. The highest BCUT2D eigenvalue weighted by atomic mass is 32.2. The Morgan fingerprint density at radius 1 is 1.13 bits per heavy atom. The van der Waals surface area contributed by atoms with E-state index in [1.54, 1.807) is 6.07 Å². The lowest BCUT2D eigenvalue weighted by atomic mass is 10.1. The molecule has 0 spiro atoms. The molecule has 0 bridgehead atoms. The van der Waals surface area contributed by atoms with Gasteiger partial charge in [0.2, 0.25) is 0 Å². The predicted molar refractivity (Wildman–Crippen MR) is 71.1 cm³/mol. The minimum atomic E-state index is -5.75. The van der Waals surface area contributed by atoms with Gasteiger partial charge < -0.3 is 4.42 Å². The third-order valence-electron chi connectivity index (χ3n) is 2.71. The van der Waals surface area contributed by atoms with E-state index in [0.717, 1.165) is 6.07 Å². The first kappa shape index (κ1) is 17.0. The molecule has 0 fully saturated rings. The third-order valence-corrected chi connectivity index (χ3v) is 3.76. The van der Waals surface area contributed by atoms with E-state index in [2.05, 4.69) is 0 Å². The van der Waals surface area contributed by atoms with Gasteiger partial charge >= 0.3 is 11.4 Å². The van der Waals surface area contributed by atoms with Crippen molar-refractivity contribution in [2.24, 2.45) is 0 Å². The molecule has 0 atom stereocenters.